The van der Waals surface area contributed by atoms with E-state index in [0.717, 1.165) is 28.3 Å². The summed E-state index contributed by atoms with van der Waals surface area (Å²) >= 11 is 0. The number of nitrogens with zero attached hydrogens (tertiary/aromatic N) is 3. The van der Waals surface area contributed by atoms with E-state index in [4.69, 9.17) is 15.2 Å². The summed E-state index contributed by atoms with van der Waals surface area (Å²) in [5.74, 6) is 0.611. The molecule has 2 aliphatic rings. The number of nitrogens with two attached hydrogens (primary N) is 1. The third-order valence-corrected chi connectivity index (χ3v) is 6.90. The van der Waals surface area contributed by atoms with E-state index in [1.165, 1.54) is 12.1 Å². The molecular weight excluding hydrogens is 420 g/mol. The van der Waals surface area contributed by atoms with E-state index in [2.05, 4.69) is 9.97 Å². The second-order valence-corrected chi connectivity index (χ2v) is 9.76. The van der Waals surface area contributed by atoms with Gasteiger partial charge in [0.05, 0.1) is 35.9 Å². The number of anilines is 1. The van der Waals surface area contributed by atoms with Crippen molar-refractivity contribution in [1.82, 2.24) is 14.9 Å². The maximum atomic E-state index is 13.2. The predicted octanol–water partition coefficient (Wildman–Crippen LogP) is 1.85. The molecule has 0 saturated heterocycles. The monoisotopic (exact) mass is 440 g/mol. The molecule has 0 aliphatic carbocycles. The van der Waals surface area contributed by atoms with Crippen molar-refractivity contribution < 1.29 is 22.7 Å². The largest absolute Gasteiger partial charge is 0.491 e. The maximum absolute atomic E-state index is 13.2. The van der Waals surface area contributed by atoms with E-state index in [1.54, 1.807) is 30.3 Å². The summed E-state index contributed by atoms with van der Waals surface area (Å²) in [5, 5.41) is 0.800. The van der Waals surface area contributed by atoms with E-state index < -0.39 is 9.84 Å². The highest BCUT2D eigenvalue weighted by Gasteiger charge is 2.32. The van der Waals surface area contributed by atoms with Crippen LogP contribution in [-0.4, -0.2) is 49.1 Å². The zero-order chi connectivity index (χ0) is 21.9. The molecule has 5 rings (SSSR count). The van der Waals surface area contributed by atoms with Crippen molar-refractivity contribution in [3.8, 4) is 5.75 Å². The summed E-state index contributed by atoms with van der Waals surface area (Å²) in [6.45, 7) is 1.06. The third kappa shape index (κ3) is 3.19. The van der Waals surface area contributed by atoms with Gasteiger partial charge in [0, 0.05) is 29.8 Å². The van der Waals surface area contributed by atoms with Gasteiger partial charge in [0.2, 0.25) is 0 Å². The van der Waals surface area contributed by atoms with Gasteiger partial charge in [0.25, 0.3) is 5.91 Å². The number of aromatic nitrogens is 2. The Labute approximate surface area is 178 Å². The first-order chi connectivity index (χ1) is 14.7. The smallest absolute Gasteiger partial charge is 0.272 e. The highest BCUT2D eigenvalue weighted by atomic mass is 32.2. The Balaban J connectivity index is 1.48. The first kappa shape index (κ1) is 19.7. The van der Waals surface area contributed by atoms with Crippen LogP contribution in [0.15, 0.2) is 35.4 Å². The third-order valence-electron chi connectivity index (χ3n) is 5.79. The summed E-state index contributed by atoms with van der Waals surface area (Å²) in [5.41, 5.74) is 9.44. The Kier molecular flexibility index (Phi) is 4.38. The molecule has 0 spiro atoms. The number of pyridine rings is 2. The van der Waals surface area contributed by atoms with Gasteiger partial charge in [-0.15, -0.1) is 0 Å². The minimum atomic E-state index is -3.35. The van der Waals surface area contributed by atoms with Crippen LogP contribution in [0.4, 0.5) is 5.82 Å². The summed E-state index contributed by atoms with van der Waals surface area (Å²) in [7, 11) is -1.67. The Hall–Kier alpha value is -3.24. The number of carbonyl (C=O) groups excluding carboxylic acids is 1. The fourth-order valence-electron chi connectivity index (χ4n) is 4.04. The minimum absolute atomic E-state index is 0.180. The lowest BCUT2D eigenvalue weighted by molar-refractivity contribution is 0.0703. The molecule has 1 amide bonds. The van der Waals surface area contributed by atoms with Gasteiger partial charge >= 0.3 is 0 Å². The summed E-state index contributed by atoms with van der Waals surface area (Å²) in [4.78, 5) is 23.6. The zero-order valence-corrected chi connectivity index (χ0v) is 17.8. The van der Waals surface area contributed by atoms with Crippen LogP contribution in [0.3, 0.4) is 0 Å². The summed E-state index contributed by atoms with van der Waals surface area (Å²) in [6.07, 6.45) is 2.69. The van der Waals surface area contributed by atoms with Gasteiger partial charge in [-0.1, -0.05) is 6.07 Å². The quantitative estimate of drug-likeness (QED) is 0.654. The van der Waals surface area contributed by atoms with E-state index in [9.17, 15) is 13.2 Å². The van der Waals surface area contributed by atoms with Crippen LogP contribution < -0.4 is 10.5 Å². The summed E-state index contributed by atoms with van der Waals surface area (Å²) < 4.78 is 34.8. The standard InChI is InChI=1S/C21H20N4O5S/c1-25(18-10-30-19-5-11(31(2,27)28)3-4-12(18)19)21(26)16-6-13-14-8-29-9-15(14)20(22)24-17(13)7-23-16/h3-7,18H,8-10H2,1-2H3,(H2,22,24)/t18-/m0/s1. The number of amides is 1. The molecule has 0 bridgehead atoms. The highest BCUT2D eigenvalue weighted by Crippen LogP contribution is 2.38. The number of fused-ring (bicyclic) bond motifs is 4. The molecule has 1 atom stereocenters. The first-order valence-electron chi connectivity index (χ1n) is 9.62. The molecule has 1 aromatic carbocycles. The topological polar surface area (TPSA) is 125 Å². The van der Waals surface area contributed by atoms with Crippen LogP contribution in [0.5, 0.6) is 5.75 Å². The first-order valence-corrected chi connectivity index (χ1v) is 11.5. The fraction of sp³-hybridized carbons (Fsp3) is 0.286. The van der Waals surface area contributed by atoms with Gasteiger partial charge < -0.3 is 20.1 Å². The van der Waals surface area contributed by atoms with Crippen LogP contribution in [0, 0.1) is 0 Å². The van der Waals surface area contributed by atoms with Crippen LogP contribution in [0.1, 0.15) is 33.2 Å². The van der Waals surface area contributed by atoms with Crippen molar-refractivity contribution in [2.24, 2.45) is 0 Å². The number of sulfone groups is 1. The van der Waals surface area contributed by atoms with E-state index in [-0.39, 0.29) is 29.1 Å². The molecule has 3 aromatic rings. The van der Waals surface area contributed by atoms with Crippen molar-refractivity contribution in [1.29, 1.82) is 0 Å². The number of rotatable bonds is 3. The number of hydrogen-bond acceptors (Lipinski definition) is 8. The minimum Gasteiger partial charge on any atom is -0.491 e. The van der Waals surface area contributed by atoms with Gasteiger partial charge in [0.15, 0.2) is 9.84 Å². The van der Waals surface area contributed by atoms with Gasteiger partial charge in [-0.3, -0.25) is 4.79 Å². The number of ether oxygens (including phenoxy) is 2. The van der Waals surface area contributed by atoms with E-state index in [0.29, 0.717) is 30.3 Å². The van der Waals surface area contributed by atoms with Crippen LogP contribution >= 0.6 is 0 Å². The van der Waals surface area contributed by atoms with Gasteiger partial charge in [0.1, 0.15) is 23.9 Å². The summed E-state index contributed by atoms with van der Waals surface area (Å²) in [6, 6.07) is 6.08. The Morgan fingerprint density at radius 2 is 2.00 bits per heavy atom. The lowest BCUT2D eigenvalue weighted by atomic mass is 10.0. The van der Waals surface area contributed by atoms with Crippen LogP contribution in [-0.2, 0) is 27.8 Å². The van der Waals surface area contributed by atoms with E-state index >= 15 is 0 Å². The lowest BCUT2D eigenvalue weighted by Crippen LogP contribution is -2.32. The molecule has 0 radical (unpaired) electrons. The Morgan fingerprint density at radius 3 is 2.77 bits per heavy atom. The molecule has 31 heavy (non-hydrogen) atoms. The molecule has 9 nitrogen and oxygen atoms in total. The molecular formula is C21H20N4O5S. The second-order valence-electron chi connectivity index (χ2n) is 7.75. The molecule has 4 heterocycles. The average molecular weight is 440 g/mol. The molecule has 2 aromatic heterocycles. The van der Waals surface area contributed by atoms with Crippen molar-refractivity contribution in [3.63, 3.8) is 0 Å². The van der Waals surface area contributed by atoms with E-state index in [1.807, 2.05) is 0 Å². The van der Waals surface area contributed by atoms with Gasteiger partial charge in [-0.05, 0) is 23.8 Å². The highest BCUT2D eigenvalue weighted by molar-refractivity contribution is 7.90. The molecule has 160 valence electrons. The molecule has 0 fully saturated rings. The SMILES string of the molecule is CN(C(=O)c1cc2c3c(c(N)nc2cn1)COC3)[C@H]1COc2cc(S(C)(=O)=O)ccc21. The molecule has 0 saturated carbocycles. The second kappa shape index (κ2) is 6.89. The number of carbonyl (C=O) groups is 1. The van der Waals surface area contributed by atoms with Crippen LogP contribution in [0.2, 0.25) is 0 Å². The van der Waals surface area contributed by atoms with Crippen LogP contribution in [0.25, 0.3) is 10.9 Å². The maximum Gasteiger partial charge on any atom is 0.272 e. The van der Waals surface area contributed by atoms with Crippen molar-refractivity contribution in [3.05, 3.63) is 52.8 Å². The van der Waals surface area contributed by atoms with Gasteiger partial charge in [-0.2, -0.15) is 0 Å². The zero-order valence-electron chi connectivity index (χ0n) is 17.0. The number of benzene rings is 1. The van der Waals surface area contributed by atoms with Crippen molar-refractivity contribution in [2.75, 3.05) is 25.6 Å². The number of nitrogen functional groups attached to an aromatic ring is 1. The fourth-order valence-corrected chi connectivity index (χ4v) is 4.67. The molecule has 2 aliphatic heterocycles. The van der Waals surface area contributed by atoms with Crippen molar-refractivity contribution >= 4 is 32.5 Å². The number of hydrogen-bond donors (Lipinski definition) is 1. The normalized spacial score (nSPS) is 17.3. The lowest BCUT2D eigenvalue weighted by Gasteiger charge is -2.23. The average Bonchev–Trinajstić information content (AvgIpc) is 3.39. The number of likely N-dealkylation sites (N-methyl/N-ethyl adjacent to an activating group) is 1. The van der Waals surface area contributed by atoms with Crippen molar-refractivity contribution in [2.45, 2.75) is 24.2 Å². The molecule has 0 unspecified atom stereocenters. The molecule has 2 N–H and O–H groups in total. The molecule has 10 heteroatoms. The predicted molar refractivity (Wildman–Crippen MR) is 112 cm³/mol. The van der Waals surface area contributed by atoms with Gasteiger partial charge in [-0.25, -0.2) is 18.4 Å². The Bertz CT molecular complexity index is 1360. The Morgan fingerprint density at radius 1 is 1.23 bits per heavy atom.